The van der Waals surface area contributed by atoms with Gasteiger partial charge in [-0.15, -0.1) is 0 Å². The van der Waals surface area contributed by atoms with Crippen molar-refractivity contribution in [1.82, 2.24) is 19.1 Å². The maximum Gasteiger partial charge on any atom is 0.331 e. The summed E-state index contributed by atoms with van der Waals surface area (Å²) in [6.07, 6.45) is 1.43. The molecule has 0 fully saturated rings. The van der Waals surface area contributed by atoms with Gasteiger partial charge >= 0.3 is 5.69 Å². The molecule has 37 heavy (non-hydrogen) atoms. The van der Waals surface area contributed by atoms with Crippen LogP contribution in [0.5, 0.6) is 11.5 Å². The number of rotatable bonds is 7. The van der Waals surface area contributed by atoms with Gasteiger partial charge in [0.15, 0.2) is 9.84 Å². The van der Waals surface area contributed by atoms with E-state index in [2.05, 4.69) is 4.98 Å². The lowest BCUT2D eigenvalue weighted by molar-refractivity contribution is 0.472. The Hall–Kier alpha value is -4.44. The molecule has 0 aliphatic carbocycles. The van der Waals surface area contributed by atoms with Crippen LogP contribution in [0.3, 0.4) is 0 Å². The van der Waals surface area contributed by atoms with Gasteiger partial charge in [0.25, 0.3) is 5.56 Å². The van der Waals surface area contributed by atoms with Gasteiger partial charge in [0, 0.05) is 36.5 Å². The molecule has 9 nitrogen and oxygen atoms in total. The minimum atomic E-state index is -3.35. The van der Waals surface area contributed by atoms with Crippen LogP contribution in [0.15, 0.2) is 93.5 Å². The Morgan fingerprint density at radius 3 is 2.41 bits per heavy atom. The van der Waals surface area contributed by atoms with E-state index < -0.39 is 21.1 Å². The minimum absolute atomic E-state index is 0.00227. The molecule has 0 radical (unpaired) electrons. The average molecular weight is 517 g/mol. The number of aromatic nitrogens is 4. The highest BCUT2D eigenvalue weighted by Gasteiger charge is 2.16. The zero-order valence-electron chi connectivity index (χ0n) is 20.2. The first-order valence-electron chi connectivity index (χ1n) is 11.6. The highest BCUT2D eigenvalue weighted by Crippen LogP contribution is 2.32. The summed E-state index contributed by atoms with van der Waals surface area (Å²) >= 11 is 0. The lowest BCUT2D eigenvalue weighted by Gasteiger charge is -2.13. The van der Waals surface area contributed by atoms with E-state index >= 15 is 0 Å². The Bertz CT molecular complexity index is 1820. The second-order valence-electron chi connectivity index (χ2n) is 8.54. The molecule has 1 N–H and O–H groups in total. The maximum atomic E-state index is 12.7. The summed E-state index contributed by atoms with van der Waals surface area (Å²) < 4.78 is 32.9. The number of nitrogens with one attached hydrogen (secondary N) is 1. The summed E-state index contributed by atoms with van der Waals surface area (Å²) in [6.45, 7) is 1.56. The largest absolute Gasteiger partial charge is 0.457 e. The van der Waals surface area contributed by atoms with E-state index in [9.17, 15) is 18.0 Å². The van der Waals surface area contributed by atoms with Crippen molar-refractivity contribution in [3.63, 3.8) is 0 Å². The minimum Gasteiger partial charge on any atom is -0.457 e. The van der Waals surface area contributed by atoms with Gasteiger partial charge in [-0.25, -0.2) is 18.2 Å². The van der Waals surface area contributed by atoms with Crippen LogP contribution in [0.1, 0.15) is 12.5 Å². The SMILES string of the molecule is CCS(=O)(=O)c1ccc(Oc2cc3nc(-c4ccccc4)[nH]c3cc2Cn2c(=O)ccn(C)c2=O)cc1. The number of imidazole rings is 1. The van der Waals surface area contributed by atoms with Crippen LogP contribution < -0.4 is 16.0 Å². The number of aryl methyl sites for hydroxylation is 1. The zero-order chi connectivity index (χ0) is 26.2. The lowest BCUT2D eigenvalue weighted by Crippen LogP contribution is -2.38. The maximum absolute atomic E-state index is 12.7. The number of hydrogen-bond acceptors (Lipinski definition) is 6. The zero-order valence-corrected chi connectivity index (χ0v) is 21.0. The number of aromatic amines is 1. The van der Waals surface area contributed by atoms with E-state index in [0.29, 0.717) is 33.9 Å². The van der Waals surface area contributed by atoms with Crippen molar-refractivity contribution in [2.75, 3.05) is 5.75 Å². The van der Waals surface area contributed by atoms with E-state index in [0.717, 1.165) is 10.1 Å². The molecule has 10 heteroatoms. The molecule has 188 valence electrons. The first-order valence-corrected chi connectivity index (χ1v) is 13.3. The average Bonchev–Trinajstić information content (AvgIpc) is 3.32. The van der Waals surface area contributed by atoms with E-state index in [1.54, 1.807) is 38.2 Å². The summed E-state index contributed by atoms with van der Waals surface area (Å²) in [5, 5.41) is 0. The Morgan fingerprint density at radius 1 is 0.973 bits per heavy atom. The summed E-state index contributed by atoms with van der Waals surface area (Å²) in [7, 11) is -1.77. The van der Waals surface area contributed by atoms with Crippen molar-refractivity contribution >= 4 is 20.9 Å². The summed E-state index contributed by atoms with van der Waals surface area (Å²) in [5.41, 5.74) is 1.94. The topological polar surface area (TPSA) is 116 Å². The Morgan fingerprint density at radius 2 is 1.70 bits per heavy atom. The molecule has 5 rings (SSSR count). The Kier molecular flexibility index (Phi) is 6.26. The molecule has 0 aliphatic rings. The second kappa shape index (κ2) is 9.55. The second-order valence-corrected chi connectivity index (χ2v) is 10.8. The fourth-order valence-electron chi connectivity index (χ4n) is 3.97. The van der Waals surface area contributed by atoms with Crippen molar-refractivity contribution in [1.29, 1.82) is 0 Å². The molecular weight excluding hydrogens is 492 g/mol. The number of hydrogen-bond donors (Lipinski definition) is 1. The summed E-state index contributed by atoms with van der Waals surface area (Å²) in [5.74, 6) is 1.46. The predicted octanol–water partition coefficient (Wildman–Crippen LogP) is 3.72. The molecule has 0 saturated carbocycles. The predicted molar refractivity (Wildman–Crippen MR) is 141 cm³/mol. The van der Waals surface area contributed by atoms with Crippen LogP contribution >= 0.6 is 0 Å². The molecule has 3 aromatic carbocycles. The van der Waals surface area contributed by atoms with E-state index in [1.807, 2.05) is 30.3 Å². The lowest BCUT2D eigenvalue weighted by atomic mass is 10.1. The van der Waals surface area contributed by atoms with Crippen LogP contribution in [-0.2, 0) is 23.4 Å². The molecule has 0 spiro atoms. The molecule has 0 amide bonds. The third-order valence-corrected chi connectivity index (χ3v) is 7.82. The first kappa shape index (κ1) is 24.3. The van der Waals surface area contributed by atoms with Crippen molar-refractivity contribution in [3.05, 3.63) is 105 Å². The molecule has 0 aliphatic heterocycles. The summed E-state index contributed by atoms with van der Waals surface area (Å²) in [6, 6.07) is 20.6. The van der Waals surface area contributed by atoms with E-state index in [4.69, 9.17) is 9.72 Å². The van der Waals surface area contributed by atoms with Crippen LogP contribution in [0.25, 0.3) is 22.4 Å². The van der Waals surface area contributed by atoms with E-state index in [1.165, 1.54) is 29.0 Å². The number of H-pyrrole nitrogens is 1. The highest BCUT2D eigenvalue weighted by molar-refractivity contribution is 7.91. The molecule has 5 aromatic rings. The molecular formula is C27H24N4O5S. The van der Waals surface area contributed by atoms with Crippen LogP contribution in [0.2, 0.25) is 0 Å². The fourth-order valence-corrected chi connectivity index (χ4v) is 4.86. The Labute approximate surface area is 212 Å². The van der Waals surface area contributed by atoms with Crippen LogP contribution in [-0.4, -0.2) is 33.3 Å². The van der Waals surface area contributed by atoms with Gasteiger partial charge in [-0.1, -0.05) is 37.3 Å². The van der Waals surface area contributed by atoms with Crippen molar-refractivity contribution in [3.8, 4) is 22.9 Å². The molecule has 0 unspecified atom stereocenters. The van der Waals surface area contributed by atoms with Crippen molar-refractivity contribution in [2.45, 2.75) is 18.4 Å². The molecule has 2 aromatic heterocycles. The number of benzene rings is 3. The van der Waals surface area contributed by atoms with Gasteiger partial charge in [0.2, 0.25) is 0 Å². The standard InChI is InChI=1S/C27H24N4O5S/c1-3-37(34,35)21-11-9-20(10-12-21)36-24-16-23-22(28-26(29-23)18-7-5-4-6-8-18)15-19(24)17-31-25(32)13-14-30(2)27(31)33/h4-16H,3,17H2,1-2H3,(H,28,29). The van der Waals surface area contributed by atoms with Gasteiger partial charge < -0.3 is 14.3 Å². The van der Waals surface area contributed by atoms with Crippen LogP contribution in [0, 0.1) is 0 Å². The van der Waals surface area contributed by atoms with Gasteiger partial charge in [-0.3, -0.25) is 9.36 Å². The molecule has 0 atom stereocenters. The molecule has 2 heterocycles. The third-order valence-electron chi connectivity index (χ3n) is 6.07. The quantitative estimate of drug-likeness (QED) is 0.352. The van der Waals surface area contributed by atoms with Gasteiger partial charge in [-0.2, -0.15) is 0 Å². The van der Waals surface area contributed by atoms with Gasteiger partial charge in [0.1, 0.15) is 17.3 Å². The van der Waals surface area contributed by atoms with E-state index in [-0.39, 0.29) is 17.2 Å². The van der Waals surface area contributed by atoms with Crippen molar-refractivity contribution < 1.29 is 13.2 Å². The smallest absolute Gasteiger partial charge is 0.331 e. The van der Waals surface area contributed by atoms with Crippen LogP contribution in [0.4, 0.5) is 0 Å². The fraction of sp³-hybridized carbons (Fsp3) is 0.148. The first-order chi connectivity index (χ1) is 17.7. The number of sulfone groups is 1. The Balaban J connectivity index is 1.60. The van der Waals surface area contributed by atoms with Gasteiger partial charge in [-0.05, 0) is 30.3 Å². The molecule has 0 saturated heterocycles. The number of fused-ring (bicyclic) bond motifs is 1. The summed E-state index contributed by atoms with van der Waals surface area (Å²) in [4.78, 5) is 33.4. The number of nitrogens with zero attached hydrogens (tertiary/aromatic N) is 3. The normalized spacial score (nSPS) is 11.6. The van der Waals surface area contributed by atoms with Gasteiger partial charge in [0.05, 0.1) is 28.2 Å². The third kappa shape index (κ3) is 4.83. The molecule has 0 bridgehead atoms. The monoisotopic (exact) mass is 516 g/mol. The number of ether oxygens (including phenoxy) is 1. The van der Waals surface area contributed by atoms with Crippen molar-refractivity contribution in [2.24, 2.45) is 7.05 Å². The highest BCUT2D eigenvalue weighted by atomic mass is 32.2.